The number of H-pyrrole nitrogens is 1. The largest absolute Gasteiger partial charge is 0.291 e. The molecular weight excluding hydrogens is 339 g/mol. The van der Waals surface area contributed by atoms with Crippen molar-refractivity contribution in [1.82, 2.24) is 19.6 Å². The van der Waals surface area contributed by atoms with Crippen LogP contribution in [0.1, 0.15) is 24.6 Å². The molecule has 0 atom stereocenters. The SMILES string of the molecule is CCCc1cc(=O)[nH]c2nnc(SCc3cc(F)ccc3Cl)n12. The minimum atomic E-state index is -0.327. The number of rotatable bonds is 5. The zero-order valence-corrected chi connectivity index (χ0v) is 13.9. The van der Waals surface area contributed by atoms with Crippen LogP contribution in [0.15, 0.2) is 34.2 Å². The highest BCUT2D eigenvalue weighted by Gasteiger charge is 2.12. The molecular formula is C15H14ClFN4OS. The molecule has 0 fully saturated rings. The van der Waals surface area contributed by atoms with Gasteiger partial charge in [-0.25, -0.2) is 4.39 Å². The van der Waals surface area contributed by atoms with Gasteiger partial charge in [-0.15, -0.1) is 10.2 Å². The number of fused-ring (bicyclic) bond motifs is 1. The number of thioether (sulfide) groups is 1. The molecule has 5 nitrogen and oxygen atoms in total. The molecule has 23 heavy (non-hydrogen) atoms. The summed E-state index contributed by atoms with van der Waals surface area (Å²) >= 11 is 7.48. The predicted molar refractivity (Wildman–Crippen MR) is 88.6 cm³/mol. The number of nitrogens with one attached hydrogen (secondary N) is 1. The molecule has 0 unspecified atom stereocenters. The average Bonchev–Trinajstić information content (AvgIpc) is 2.91. The summed E-state index contributed by atoms with van der Waals surface area (Å²) in [5.74, 6) is 0.545. The number of halogens is 2. The van der Waals surface area contributed by atoms with Crippen molar-refractivity contribution >= 4 is 29.1 Å². The van der Waals surface area contributed by atoms with Gasteiger partial charge in [-0.1, -0.05) is 36.7 Å². The highest BCUT2D eigenvalue weighted by atomic mass is 35.5. The van der Waals surface area contributed by atoms with Crippen molar-refractivity contribution in [2.75, 3.05) is 0 Å². The summed E-state index contributed by atoms with van der Waals surface area (Å²) in [6.45, 7) is 2.04. The highest BCUT2D eigenvalue weighted by molar-refractivity contribution is 7.98. The summed E-state index contributed by atoms with van der Waals surface area (Å²) in [4.78, 5) is 14.3. The third kappa shape index (κ3) is 3.40. The van der Waals surface area contributed by atoms with Crippen molar-refractivity contribution in [3.63, 3.8) is 0 Å². The van der Waals surface area contributed by atoms with E-state index in [-0.39, 0.29) is 11.4 Å². The number of hydrogen-bond donors (Lipinski definition) is 1. The highest BCUT2D eigenvalue weighted by Crippen LogP contribution is 2.27. The fraction of sp³-hybridized carbons (Fsp3) is 0.267. The maximum Gasteiger partial charge on any atom is 0.252 e. The third-order valence-electron chi connectivity index (χ3n) is 3.32. The van der Waals surface area contributed by atoms with E-state index in [0.29, 0.717) is 27.3 Å². The summed E-state index contributed by atoms with van der Waals surface area (Å²) in [5, 5.41) is 9.27. The number of aromatic amines is 1. The molecule has 3 rings (SSSR count). The van der Waals surface area contributed by atoms with Gasteiger partial charge in [-0.2, -0.15) is 0 Å². The summed E-state index contributed by atoms with van der Waals surface area (Å²) in [6, 6.07) is 5.83. The van der Waals surface area contributed by atoms with Gasteiger partial charge < -0.3 is 0 Å². The van der Waals surface area contributed by atoms with Gasteiger partial charge in [0.05, 0.1) is 0 Å². The minimum absolute atomic E-state index is 0.196. The first-order valence-corrected chi connectivity index (χ1v) is 8.49. The Bertz CT molecular complexity index is 908. The fourth-order valence-electron chi connectivity index (χ4n) is 2.30. The van der Waals surface area contributed by atoms with E-state index in [4.69, 9.17) is 11.6 Å². The van der Waals surface area contributed by atoms with Crippen molar-refractivity contribution < 1.29 is 4.39 Å². The molecule has 8 heteroatoms. The van der Waals surface area contributed by atoms with Crippen LogP contribution in [0.5, 0.6) is 0 Å². The molecule has 0 radical (unpaired) electrons. The molecule has 0 aliphatic rings. The third-order valence-corrected chi connectivity index (χ3v) is 4.67. The van der Waals surface area contributed by atoms with E-state index in [9.17, 15) is 9.18 Å². The lowest BCUT2D eigenvalue weighted by Gasteiger charge is -2.07. The van der Waals surface area contributed by atoms with E-state index in [0.717, 1.165) is 18.5 Å². The summed E-state index contributed by atoms with van der Waals surface area (Å²) in [5.41, 5.74) is 1.34. The van der Waals surface area contributed by atoms with Gasteiger partial charge >= 0.3 is 0 Å². The van der Waals surface area contributed by atoms with Gasteiger partial charge in [0.25, 0.3) is 5.56 Å². The van der Waals surface area contributed by atoms with Crippen LogP contribution in [-0.2, 0) is 12.2 Å². The number of hydrogen-bond acceptors (Lipinski definition) is 4. The molecule has 0 amide bonds. The van der Waals surface area contributed by atoms with E-state index < -0.39 is 0 Å². The molecule has 2 heterocycles. The Morgan fingerprint density at radius 1 is 1.35 bits per heavy atom. The summed E-state index contributed by atoms with van der Waals surface area (Å²) < 4.78 is 15.2. The van der Waals surface area contributed by atoms with Crippen molar-refractivity contribution in [1.29, 1.82) is 0 Å². The zero-order chi connectivity index (χ0) is 16.4. The molecule has 0 bridgehead atoms. The number of benzene rings is 1. The van der Waals surface area contributed by atoms with Crippen LogP contribution in [0.25, 0.3) is 5.78 Å². The standard InChI is InChI=1S/C15H14ClFN4OS/c1-2-3-11-7-13(22)18-14-19-20-15(21(11)14)23-8-9-6-10(17)4-5-12(9)16/h4-7H,2-3,8H2,1H3,(H,18,19,22). The van der Waals surface area contributed by atoms with Crippen molar-refractivity contribution in [3.8, 4) is 0 Å². The number of aryl methyl sites for hydroxylation is 1. The van der Waals surface area contributed by atoms with E-state index in [1.165, 1.54) is 30.0 Å². The first-order valence-electron chi connectivity index (χ1n) is 7.12. The molecule has 3 aromatic rings. The van der Waals surface area contributed by atoms with E-state index in [2.05, 4.69) is 15.2 Å². The lowest BCUT2D eigenvalue weighted by molar-refractivity contribution is 0.626. The van der Waals surface area contributed by atoms with Crippen LogP contribution in [0, 0.1) is 5.82 Å². The monoisotopic (exact) mass is 352 g/mol. The first-order chi connectivity index (χ1) is 11.1. The van der Waals surface area contributed by atoms with Gasteiger partial charge in [0.15, 0.2) is 5.16 Å². The van der Waals surface area contributed by atoms with Gasteiger partial charge in [0.2, 0.25) is 5.78 Å². The smallest absolute Gasteiger partial charge is 0.252 e. The van der Waals surface area contributed by atoms with Crippen LogP contribution >= 0.6 is 23.4 Å². The Labute approximate surface area is 140 Å². The molecule has 120 valence electrons. The van der Waals surface area contributed by atoms with E-state index in [1.54, 1.807) is 6.07 Å². The summed E-state index contributed by atoms with van der Waals surface area (Å²) in [6.07, 6.45) is 1.64. The van der Waals surface area contributed by atoms with Gasteiger partial charge in [0, 0.05) is 22.5 Å². The lowest BCUT2D eigenvalue weighted by Crippen LogP contribution is -2.11. The second-order valence-corrected chi connectivity index (χ2v) is 6.39. The molecule has 1 N–H and O–H groups in total. The number of aromatic nitrogens is 4. The topological polar surface area (TPSA) is 63.0 Å². The van der Waals surface area contributed by atoms with Crippen molar-refractivity contribution in [2.24, 2.45) is 0 Å². The Morgan fingerprint density at radius 2 is 2.17 bits per heavy atom. The molecule has 2 aromatic heterocycles. The zero-order valence-electron chi connectivity index (χ0n) is 12.3. The minimum Gasteiger partial charge on any atom is -0.291 e. The second-order valence-electron chi connectivity index (χ2n) is 5.04. The van der Waals surface area contributed by atoms with Gasteiger partial charge in [-0.05, 0) is 30.2 Å². The van der Waals surface area contributed by atoms with Gasteiger partial charge in [0.1, 0.15) is 5.82 Å². The quantitative estimate of drug-likeness (QED) is 0.714. The van der Waals surface area contributed by atoms with E-state index >= 15 is 0 Å². The van der Waals surface area contributed by atoms with Crippen LogP contribution in [0.3, 0.4) is 0 Å². The fourth-order valence-corrected chi connectivity index (χ4v) is 3.52. The maximum atomic E-state index is 13.3. The van der Waals surface area contributed by atoms with Gasteiger partial charge in [-0.3, -0.25) is 14.2 Å². The molecule has 0 saturated carbocycles. The van der Waals surface area contributed by atoms with Crippen LogP contribution in [-0.4, -0.2) is 19.6 Å². The maximum absolute atomic E-state index is 13.3. The molecule has 1 aromatic carbocycles. The Balaban J connectivity index is 1.94. The average molecular weight is 353 g/mol. The van der Waals surface area contributed by atoms with Crippen LogP contribution < -0.4 is 5.56 Å². The number of nitrogens with zero attached hydrogens (tertiary/aromatic N) is 3. The Hall–Kier alpha value is -1.86. The first kappa shape index (κ1) is 16.0. The molecule has 0 aliphatic heterocycles. The van der Waals surface area contributed by atoms with Crippen LogP contribution in [0.2, 0.25) is 5.02 Å². The van der Waals surface area contributed by atoms with Crippen LogP contribution in [0.4, 0.5) is 4.39 Å². The predicted octanol–water partition coefficient (Wildman–Crippen LogP) is 3.45. The molecule has 0 spiro atoms. The molecule has 0 aliphatic carbocycles. The van der Waals surface area contributed by atoms with E-state index in [1.807, 2.05) is 11.3 Å². The van der Waals surface area contributed by atoms with Crippen molar-refractivity contribution in [3.05, 3.63) is 56.7 Å². The summed E-state index contributed by atoms with van der Waals surface area (Å²) in [7, 11) is 0. The lowest BCUT2D eigenvalue weighted by atomic mass is 10.2. The Kier molecular flexibility index (Phi) is 4.68. The normalized spacial score (nSPS) is 11.3. The second kappa shape index (κ2) is 6.72. The Morgan fingerprint density at radius 3 is 2.96 bits per heavy atom. The van der Waals surface area contributed by atoms with Crippen molar-refractivity contribution in [2.45, 2.75) is 30.7 Å². The molecule has 0 saturated heterocycles.